The molecule has 6 heteroatoms. The fraction of sp³-hybridized carbons (Fsp3) is 0.462. The lowest BCUT2D eigenvalue weighted by atomic mass is 10.1. The molecule has 0 aromatic carbocycles. The summed E-state index contributed by atoms with van der Waals surface area (Å²) in [5, 5.41) is 11.0. The lowest BCUT2D eigenvalue weighted by Gasteiger charge is -2.32. The molecule has 6 nitrogen and oxygen atoms in total. The molecule has 3 rings (SSSR count). The van der Waals surface area contributed by atoms with Crippen molar-refractivity contribution in [2.24, 2.45) is 0 Å². The Kier molecular flexibility index (Phi) is 3.16. The van der Waals surface area contributed by atoms with E-state index in [0.717, 1.165) is 31.6 Å². The maximum Gasteiger partial charge on any atom is 0.255 e. The van der Waals surface area contributed by atoms with Gasteiger partial charge in [-0.05, 0) is 32.0 Å². The summed E-state index contributed by atoms with van der Waals surface area (Å²) in [6, 6.07) is 4.03. The minimum absolute atomic E-state index is 0.0792. The molecule has 0 bridgehead atoms. The van der Waals surface area contributed by atoms with E-state index in [1.54, 1.807) is 16.9 Å². The average Bonchev–Trinajstić information content (AvgIpc) is 2.94. The second-order valence-electron chi connectivity index (χ2n) is 4.89. The molecule has 0 aliphatic carbocycles. The van der Waals surface area contributed by atoms with Crippen LogP contribution in [0.2, 0.25) is 0 Å². The molecule has 100 valence electrons. The molecule has 19 heavy (non-hydrogen) atoms. The molecular formula is C13H17N5O. The van der Waals surface area contributed by atoms with E-state index in [0.29, 0.717) is 11.6 Å². The monoisotopic (exact) mass is 259 g/mol. The van der Waals surface area contributed by atoms with Crippen LogP contribution in [0.1, 0.15) is 23.2 Å². The van der Waals surface area contributed by atoms with Crippen LogP contribution in [0, 0.1) is 0 Å². The van der Waals surface area contributed by atoms with Crippen LogP contribution in [0.25, 0.3) is 5.65 Å². The molecule has 1 saturated heterocycles. The maximum absolute atomic E-state index is 12.5. The number of piperidine rings is 1. The number of carbonyl (C=O) groups is 1. The number of pyridine rings is 1. The first-order valence-corrected chi connectivity index (χ1v) is 6.54. The Balaban J connectivity index is 1.82. The Labute approximate surface area is 111 Å². The standard InChI is InChI=1S/C13H17N5O/c1-14-11-3-2-6-17(8-11)13(19)10-4-5-12-16-15-9-18(12)7-10/h4-5,7,9,11,14H,2-3,6,8H2,1H3. The molecule has 0 radical (unpaired) electrons. The molecule has 1 aliphatic heterocycles. The summed E-state index contributed by atoms with van der Waals surface area (Å²) in [4.78, 5) is 14.4. The van der Waals surface area contributed by atoms with Crippen molar-refractivity contribution in [2.45, 2.75) is 18.9 Å². The summed E-state index contributed by atoms with van der Waals surface area (Å²) in [6.07, 6.45) is 5.58. The van der Waals surface area contributed by atoms with E-state index in [9.17, 15) is 4.79 Å². The zero-order chi connectivity index (χ0) is 13.2. The Morgan fingerprint density at radius 1 is 1.47 bits per heavy atom. The van der Waals surface area contributed by atoms with E-state index in [1.807, 2.05) is 24.1 Å². The first-order chi connectivity index (χ1) is 9.28. The molecule has 2 aromatic rings. The van der Waals surface area contributed by atoms with Gasteiger partial charge in [-0.15, -0.1) is 10.2 Å². The van der Waals surface area contributed by atoms with Crippen molar-refractivity contribution < 1.29 is 4.79 Å². The van der Waals surface area contributed by atoms with E-state index in [4.69, 9.17) is 0 Å². The zero-order valence-corrected chi connectivity index (χ0v) is 10.9. The van der Waals surface area contributed by atoms with Crippen LogP contribution < -0.4 is 5.32 Å². The molecule has 1 fully saturated rings. The third kappa shape index (κ3) is 2.31. The number of likely N-dealkylation sites (tertiary alicyclic amines) is 1. The van der Waals surface area contributed by atoms with Gasteiger partial charge in [-0.1, -0.05) is 0 Å². The molecular weight excluding hydrogens is 242 g/mol. The molecule has 1 aliphatic rings. The lowest BCUT2D eigenvalue weighted by Crippen LogP contribution is -2.47. The van der Waals surface area contributed by atoms with Crippen LogP contribution in [0.5, 0.6) is 0 Å². The predicted octanol–water partition coefficient (Wildman–Crippen LogP) is 0.553. The number of carbonyl (C=O) groups excluding carboxylic acids is 1. The molecule has 1 atom stereocenters. The summed E-state index contributed by atoms with van der Waals surface area (Å²) in [5.74, 6) is 0.0792. The van der Waals surface area contributed by atoms with Gasteiger partial charge in [-0.3, -0.25) is 9.20 Å². The molecule has 1 amide bonds. The minimum Gasteiger partial charge on any atom is -0.337 e. The van der Waals surface area contributed by atoms with Gasteiger partial charge in [0.1, 0.15) is 6.33 Å². The normalized spacial score (nSPS) is 19.8. The van der Waals surface area contributed by atoms with Crippen LogP contribution in [0.4, 0.5) is 0 Å². The minimum atomic E-state index is 0.0792. The van der Waals surface area contributed by atoms with Crippen molar-refractivity contribution in [2.75, 3.05) is 20.1 Å². The van der Waals surface area contributed by atoms with Crippen LogP contribution in [-0.4, -0.2) is 51.6 Å². The summed E-state index contributed by atoms with van der Waals surface area (Å²) < 4.78 is 1.77. The maximum atomic E-state index is 12.5. The van der Waals surface area contributed by atoms with Gasteiger partial charge in [0.2, 0.25) is 0 Å². The quantitative estimate of drug-likeness (QED) is 0.855. The van der Waals surface area contributed by atoms with Gasteiger partial charge in [-0.25, -0.2) is 0 Å². The Morgan fingerprint density at radius 3 is 3.21 bits per heavy atom. The van der Waals surface area contributed by atoms with Gasteiger partial charge >= 0.3 is 0 Å². The van der Waals surface area contributed by atoms with Gasteiger partial charge in [0.15, 0.2) is 5.65 Å². The smallest absolute Gasteiger partial charge is 0.255 e. The number of amides is 1. The van der Waals surface area contributed by atoms with E-state index >= 15 is 0 Å². The van der Waals surface area contributed by atoms with Gasteiger partial charge in [0.25, 0.3) is 5.91 Å². The van der Waals surface area contributed by atoms with Gasteiger partial charge in [-0.2, -0.15) is 0 Å². The molecule has 3 heterocycles. The zero-order valence-electron chi connectivity index (χ0n) is 10.9. The summed E-state index contributed by atoms with van der Waals surface area (Å²) >= 11 is 0. The van der Waals surface area contributed by atoms with E-state index in [2.05, 4.69) is 15.5 Å². The summed E-state index contributed by atoms with van der Waals surface area (Å²) in [6.45, 7) is 1.60. The number of nitrogens with zero attached hydrogens (tertiary/aromatic N) is 4. The Morgan fingerprint density at radius 2 is 2.37 bits per heavy atom. The number of rotatable bonds is 2. The lowest BCUT2D eigenvalue weighted by molar-refractivity contribution is 0.0697. The van der Waals surface area contributed by atoms with Crippen LogP contribution >= 0.6 is 0 Å². The third-order valence-corrected chi connectivity index (χ3v) is 3.65. The van der Waals surface area contributed by atoms with Crippen molar-refractivity contribution in [3.8, 4) is 0 Å². The summed E-state index contributed by atoms with van der Waals surface area (Å²) in [7, 11) is 1.95. The summed E-state index contributed by atoms with van der Waals surface area (Å²) in [5.41, 5.74) is 1.44. The van der Waals surface area contributed by atoms with E-state index in [-0.39, 0.29) is 5.91 Å². The average molecular weight is 259 g/mol. The fourth-order valence-electron chi connectivity index (χ4n) is 2.53. The number of aromatic nitrogens is 3. The van der Waals surface area contributed by atoms with Crippen molar-refractivity contribution >= 4 is 11.6 Å². The van der Waals surface area contributed by atoms with Gasteiger partial charge in [0.05, 0.1) is 5.56 Å². The second-order valence-corrected chi connectivity index (χ2v) is 4.89. The number of likely N-dealkylation sites (N-methyl/N-ethyl adjacent to an activating group) is 1. The topological polar surface area (TPSA) is 62.5 Å². The highest BCUT2D eigenvalue weighted by Gasteiger charge is 2.23. The fourth-order valence-corrected chi connectivity index (χ4v) is 2.53. The number of nitrogens with one attached hydrogen (secondary N) is 1. The van der Waals surface area contributed by atoms with Crippen LogP contribution in [0.3, 0.4) is 0 Å². The predicted molar refractivity (Wildman–Crippen MR) is 71.0 cm³/mol. The number of hydrogen-bond donors (Lipinski definition) is 1. The van der Waals surface area contributed by atoms with Crippen LogP contribution in [0.15, 0.2) is 24.7 Å². The van der Waals surface area contributed by atoms with Gasteiger partial charge in [0, 0.05) is 25.3 Å². The van der Waals surface area contributed by atoms with E-state index < -0.39 is 0 Å². The first-order valence-electron chi connectivity index (χ1n) is 6.54. The van der Waals surface area contributed by atoms with Crippen molar-refractivity contribution in [1.29, 1.82) is 0 Å². The highest BCUT2D eigenvalue weighted by Crippen LogP contribution is 2.14. The van der Waals surface area contributed by atoms with Crippen molar-refractivity contribution in [1.82, 2.24) is 24.8 Å². The molecule has 2 aromatic heterocycles. The molecule has 0 saturated carbocycles. The number of hydrogen-bond acceptors (Lipinski definition) is 4. The molecule has 1 unspecified atom stereocenters. The van der Waals surface area contributed by atoms with Crippen molar-refractivity contribution in [3.05, 3.63) is 30.2 Å². The van der Waals surface area contributed by atoms with Crippen LogP contribution in [-0.2, 0) is 0 Å². The van der Waals surface area contributed by atoms with E-state index in [1.165, 1.54) is 0 Å². The largest absolute Gasteiger partial charge is 0.337 e. The Bertz CT molecular complexity index is 593. The highest BCUT2D eigenvalue weighted by molar-refractivity contribution is 5.94. The number of fused-ring (bicyclic) bond motifs is 1. The molecule has 0 spiro atoms. The third-order valence-electron chi connectivity index (χ3n) is 3.65. The first kappa shape index (κ1) is 12.1. The highest BCUT2D eigenvalue weighted by atomic mass is 16.2. The van der Waals surface area contributed by atoms with Gasteiger partial charge < -0.3 is 10.2 Å². The Hall–Kier alpha value is -1.95. The van der Waals surface area contributed by atoms with Crippen molar-refractivity contribution in [3.63, 3.8) is 0 Å². The second kappa shape index (κ2) is 4.97. The SMILES string of the molecule is CNC1CCCN(C(=O)c2ccc3nncn3c2)C1. The molecule has 1 N–H and O–H groups in total.